The number of sulfonamides is 1. The molecule has 0 unspecified atom stereocenters. The maximum atomic E-state index is 12.7. The molecule has 0 fully saturated rings. The van der Waals surface area contributed by atoms with Crippen molar-refractivity contribution >= 4 is 21.6 Å². The molecule has 8 heteroatoms. The smallest absolute Gasteiger partial charge is 0.262 e. The van der Waals surface area contributed by atoms with Gasteiger partial charge in [0.15, 0.2) is 0 Å². The van der Waals surface area contributed by atoms with Gasteiger partial charge in [-0.2, -0.15) is 0 Å². The first-order valence-electron chi connectivity index (χ1n) is 8.54. The SMILES string of the molecule is CCCCNC(=O)c1cccc(S(=O)(=O)Nc2ccc(OC)cc2OC)c1. The first-order chi connectivity index (χ1) is 12.9. The van der Waals surface area contributed by atoms with Crippen molar-refractivity contribution in [2.24, 2.45) is 0 Å². The van der Waals surface area contributed by atoms with Gasteiger partial charge in [-0.25, -0.2) is 8.42 Å². The van der Waals surface area contributed by atoms with Crippen LogP contribution in [0.15, 0.2) is 47.4 Å². The van der Waals surface area contributed by atoms with E-state index in [1.54, 1.807) is 24.3 Å². The van der Waals surface area contributed by atoms with Gasteiger partial charge in [0.25, 0.3) is 15.9 Å². The van der Waals surface area contributed by atoms with Crippen LogP contribution in [-0.4, -0.2) is 35.1 Å². The minimum absolute atomic E-state index is 0.0106. The zero-order chi connectivity index (χ0) is 19.9. The number of unbranched alkanes of at least 4 members (excludes halogenated alkanes) is 1. The molecule has 0 aliphatic carbocycles. The molecule has 27 heavy (non-hydrogen) atoms. The maximum Gasteiger partial charge on any atom is 0.262 e. The van der Waals surface area contributed by atoms with Crippen LogP contribution in [0, 0.1) is 0 Å². The first-order valence-corrected chi connectivity index (χ1v) is 10.0. The molecule has 2 aromatic rings. The van der Waals surface area contributed by atoms with E-state index >= 15 is 0 Å². The molecule has 0 radical (unpaired) electrons. The maximum absolute atomic E-state index is 12.7. The Morgan fingerprint density at radius 2 is 1.85 bits per heavy atom. The van der Waals surface area contributed by atoms with Crippen molar-refractivity contribution in [3.8, 4) is 11.5 Å². The Kier molecular flexibility index (Phi) is 7.06. The molecular formula is C19H24N2O5S. The van der Waals surface area contributed by atoms with Gasteiger partial charge in [0.1, 0.15) is 11.5 Å². The van der Waals surface area contributed by atoms with E-state index in [-0.39, 0.29) is 22.1 Å². The van der Waals surface area contributed by atoms with Crippen LogP contribution >= 0.6 is 0 Å². The number of hydrogen-bond donors (Lipinski definition) is 2. The molecule has 0 atom stereocenters. The number of amides is 1. The number of methoxy groups -OCH3 is 2. The third kappa shape index (κ3) is 5.37. The number of nitrogens with one attached hydrogen (secondary N) is 2. The summed E-state index contributed by atoms with van der Waals surface area (Å²) < 4.78 is 38.3. The van der Waals surface area contributed by atoms with Crippen LogP contribution in [0.4, 0.5) is 5.69 Å². The molecule has 0 saturated carbocycles. The fraction of sp³-hybridized carbons (Fsp3) is 0.316. The van der Waals surface area contributed by atoms with Crippen molar-refractivity contribution in [2.45, 2.75) is 24.7 Å². The average Bonchev–Trinajstić information content (AvgIpc) is 2.68. The summed E-state index contributed by atoms with van der Waals surface area (Å²) in [5, 5.41) is 2.77. The number of carbonyl (C=O) groups is 1. The van der Waals surface area contributed by atoms with Gasteiger partial charge in [-0.15, -0.1) is 0 Å². The average molecular weight is 392 g/mol. The summed E-state index contributed by atoms with van der Waals surface area (Å²) in [4.78, 5) is 12.2. The second-order valence-corrected chi connectivity index (χ2v) is 7.49. The standard InChI is InChI=1S/C19H24N2O5S/c1-4-5-11-20-19(22)14-7-6-8-16(12-14)27(23,24)21-17-10-9-15(25-2)13-18(17)26-3/h6-10,12-13,21H,4-5,11H2,1-3H3,(H,20,22). The number of carbonyl (C=O) groups excluding carboxylic acids is 1. The van der Waals surface area contributed by atoms with Crippen LogP contribution in [0.5, 0.6) is 11.5 Å². The second-order valence-electron chi connectivity index (χ2n) is 5.81. The Labute approximate surface area is 159 Å². The zero-order valence-corrected chi connectivity index (χ0v) is 16.4. The Hall–Kier alpha value is -2.74. The lowest BCUT2D eigenvalue weighted by atomic mass is 10.2. The largest absolute Gasteiger partial charge is 0.497 e. The molecule has 7 nitrogen and oxygen atoms in total. The van der Waals surface area contributed by atoms with Crippen molar-refractivity contribution in [3.63, 3.8) is 0 Å². The van der Waals surface area contributed by atoms with Gasteiger partial charge in [-0.05, 0) is 36.8 Å². The van der Waals surface area contributed by atoms with Crippen LogP contribution in [0.2, 0.25) is 0 Å². The van der Waals surface area contributed by atoms with Gasteiger partial charge < -0.3 is 14.8 Å². The number of rotatable bonds is 9. The molecule has 0 spiro atoms. The fourth-order valence-electron chi connectivity index (χ4n) is 2.37. The Morgan fingerprint density at radius 1 is 1.07 bits per heavy atom. The van der Waals surface area contributed by atoms with Gasteiger partial charge >= 0.3 is 0 Å². The van der Waals surface area contributed by atoms with Gasteiger partial charge in [0.05, 0.1) is 24.8 Å². The summed E-state index contributed by atoms with van der Waals surface area (Å²) >= 11 is 0. The number of hydrogen-bond acceptors (Lipinski definition) is 5. The number of anilines is 1. The van der Waals surface area contributed by atoms with Gasteiger partial charge in [-0.3, -0.25) is 9.52 Å². The monoisotopic (exact) mass is 392 g/mol. The number of ether oxygens (including phenoxy) is 2. The number of benzene rings is 2. The third-order valence-electron chi connectivity index (χ3n) is 3.88. The summed E-state index contributed by atoms with van der Waals surface area (Å²) in [6, 6.07) is 10.6. The van der Waals surface area contributed by atoms with E-state index in [1.807, 2.05) is 6.92 Å². The summed E-state index contributed by atoms with van der Waals surface area (Å²) in [7, 11) is -0.950. The Morgan fingerprint density at radius 3 is 2.52 bits per heavy atom. The predicted molar refractivity (Wildman–Crippen MR) is 104 cm³/mol. The van der Waals surface area contributed by atoms with Crippen LogP contribution in [0.3, 0.4) is 0 Å². The first kappa shape index (κ1) is 20.6. The minimum atomic E-state index is -3.90. The van der Waals surface area contributed by atoms with E-state index in [4.69, 9.17) is 9.47 Å². The van der Waals surface area contributed by atoms with E-state index in [2.05, 4.69) is 10.0 Å². The molecule has 0 aromatic heterocycles. The van der Waals surface area contributed by atoms with Gasteiger partial charge in [0.2, 0.25) is 0 Å². The summed E-state index contributed by atoms with van der Waals surface area (Å²) in [6.07, 6.45) is 1.82. The third-order valence-corrected chi connectivity index (χ3v) is 5.24. The summed E-state index contributed by atoms with van der Waals surface area (Å²) in [5.41, 5.74) is 0.562. The highest BCUT2D eigenvalue weighted by Gasteiger charge is 2.18. The fourth-order valence-corrected chi connectivity index (χ4v) is 3.49. The van der Waals surface area contributed by atoms with Crippen molar-refractivity contribution in [3.05, 3.63) is 48.0 Å². The molecule has 2 aromatic carbocycles. The summed E-state index contributed by atoms with van der Waals surface area (Å²) in [5.74, 6) is 0.564. The minimum Gasteiger partial charge on any atom is -0.497 e. The van der Waals surface area contributed by atoms with Crippen LogP contribution in [0.1, 0.15) is 30.1 Å². The van der Waals surface area contributed by atoms with Crippen LogP contribution in [-0.2, 0) is 10.0 Å². The molecule has 0 bridgehead atoms. The molecule has 2 N–H and O–H groups in total. The Bertz CT molecular complexity index is 897. The summed E-state index contributed by atoms with van der Waals surface area (Å²) in [6.45, 7) is 2.58. The highest BCUT2D eigenvalue weighted by molar-refractivity contribution is 7.92. The molecule has 0 aliphatic heterocycles. The van der Waals surface area contributed by atoms with E-state index in [0.29, 0.717) is 18.0 Å². The quantitative estimate of drug-likeness (QED) is 0.640. The molecule has 0 aliphatic rings. The molecular weight excluding hydrogens is 368 g/mol. The van der Waals surface area contributed by atoms with Crippen molar-refractivity contribution in [1.29, 1.82) is 0 Å². The highest BCUT2D eigenvalue weighted by Crippen LogP contribution is 2.30. The molecule has 0 heterocycles. The van der Waals surface area contributed by atoms with Crippen LogP contribution < -0.4 is 19.5 Å². The van der Waals surface area contributed by atoms with Crippen molar-refractivity contribution in [2.75, 3.05) is 25.5 Å². The lowest BCUT2D eigenvalue weighted by Crippen LogP contribution is -2.24. The normalized spacial score (nSPS) is 10.9. The van der Waals surface area contributed by atoms with E-state index in [9.17, 15) is 13.2 Å². The topological polar surface area (TPSA) is 93.7 Å². The van der Waals surface area contributed by atoms with Crippen LogP contribution in [0.25, 0.3) is 0 Å². The Balaban J connectivity index is 2.24. The predicted octanol–water partition coefficient (Wildman–Crippen LogP) is 3.03. The zero-order valence-electron chi connectivity index (χ0n) is 15.6. The van der Waals surface area contributed by atoms with E-state index in [0.717, 1.165) is 12.8 Å². The molecule has 1 amide bonds. The van der Waals surface area contributed by atoms with Crippen molar-refractivity contribution in [1.82, 2.24) is 5.32 Å². The van der Waals surface area contributed by atoms with Crippen molar-refractivity contribution < 1.29 is 22.7 Å². The van der Waals surface area contributed by atoms with E-state index < -0.39 is 10.0 Å². The second kappa shape index (κ2) is 9.27. The highest BCUT2D eigenvalue weighted by atomic mass is 32.2. The lowest BCUT2D eigenvalue weighted by Gasteiger charge is -2.13. The van der Waals surface area contributed by atoms with Gasteiger partial charge in [-0.1, -0.05) is 19.4 Å². The lowest BCUT2D eigenvalue weighted by molar-refractivity contribution is 0.0953. The van der Waals surface area contributed by atoms with E-state index in [1.165, 1.54) is 32.4 Å². The van der Waals surface area contributed by atoms with Gasteiger partial charge in [0, 0.05) is 18.2 Å². The molecule has 2 rings (SSSR count). The molecule has 0 saturated heterocycles. The molecule has 146 valence electrons.